The number of ether oxygens (including phenoxy) is 1. The van der Waals surface area contributed by atoms with Crippen LogP contribution < -0.4 is 4.90 Å². The van der Waals surface area contributed by atoms with E-state index in [-0.39, 0.29) is 11.9 Å². The van der Waals surface area contributed by atoms with Crippen molar-refractivity contribution < 1.29 is 9.53 Å². The molecule has 6 heteroatoms. The zero-order valence-corrected chi connectivity index (χ0v) is 12.7. The van der Waals surface area contributed by atoms with Crippen LogP contribution in [0.15, 0.2) is 18.3 Å². The number of anilines is 1. The van der Waals surface area contributed by atoms with Gasteiger partial charge in [0.15, 0.2) is 0 Å². The number of rotatable bonds is 3. The molecule has 1 atom stereocenters. The number of aromatic nitrogens is 2. The normalized spacial score (nSPS) is 19.0. The minimum Gasteiger partial charge on any atom is -0.466 e. The largest absolute Gasteiger partial charge is 0.466 e. The third-order valence-corrected chi connectivity index (χ3v) is 4.14. The van der Waals surface area contributed by atoms with Crippen molar-refractivity contribution >= 4 is 34.4 Å². The molecule has 1 fully saturated rings. The van der Waals surface area contributed by atoms with Crippen molar-refractivity contribution in [1.82, 2.24) is 9.97 Å². The fourth-order valence-corrected chi connectivity index (χ4v) is 3.03. The summed E-state index contributed by atoms with van der Waals surface area (Å²) in [5, 5.41) is 1.59. The molecule has 5 nitrogen and oxygen atoms in total. The number of carbonyl (C=O) groups excluding carboxylic acids is 1. The number of piperidine rings is 1. The fourth-order valence-electron chi connectivity index (χ4n) is 2.78. The Morgan fingerprint density at radius 1 is 1.62 bits per heavy atom. The Bertz CT molecular complexity index is 655. The average Bonchev–Trinajstić information content (AvgIpc) is 2.96. The quantitative estimate of drug-likeness (QED) is 0.886. The molecule has 0 aliphatic carbocycles. The molecule has 0 unspecified atom stereocenters. The number of carbonyl (C=O) groups is 1. The molecule has 21 heavy (non-hydrogen) atoms. The second kappa shape index (κ2) is 5.93. The maximum Gasteiger partial charge on any atom is 0.310 e. The number of fused-ring (bicyclic) bond motifs is 1. The maximum atomic E-state index is 11.9. The Labute approximate surface area is 128 Å². The molecule has 0 saturated carbocycles. The smallest absolute Gasteiger partial charge is 0.310 e. The molecule has 1 aliphatic heterocycles. The van der Waals surface area contributed by atoms with E-state index >= 15 is 0 Å². The molecule has 112 valence electrons. The van der Waals surface area contributed by atoms with Crippen molar-refractivity contribution in [3.63, 3.8) is 0 Å². The van der Waals surface area contributed by atoms with E-state index in [1.807, 2.05) is 25.3 Å². The Morgan fingerprint density at radius 3 is 3.29 bits per heavy atom. The maximum absolute atomic E-state index is 11.9. The predicted octanol–water partition coefficient (Wildman–Crippen LogP) is 3.00. The highest BCUT2D eigenvalue weighted by Gasteiger charge is 2.27. The summed E-state index contributed by atoms with van der Waals surface area (Å²) in [5.74, 6) is 0.608. The molecule has 0 aromatic carbocycles. The Kier molecular flexibility index (Phi) is 4.01. The zero-order chi connectivity index (χ0) is 14.8. The summed E-state index contributed by atoms with van der Waals surface area (Å²) < 4.78 is 5.13. The number of hydrogen-bond donors (Lipinski definition) is 1. The van der Waals surface area contributed by atoms with Crippen LogP contribution in [0.3, 0.4) is 0 Å². The van der Waals surface area contributed by atoms with Crippen LogP contribution in [0.2, 0.25) is 5.02 Å². The van der Waals surface area contributed by atoms with Gasteiger partial charge in [-0.15, -0.1) is 0 Å². The van der Waals surface area contributed by atoms with E-state index in [1.165, 1.54) is 0 Å². The number of H-pyrrole nitrogens is 1. The highest BCUT2D eigenvalue weighted by molar-refractivity contribution is 6.35. The number of nitrogens with one attached hydrogen (secondary N) is 1. The SMILES string of the molecule is CCOC(=O)[C@H]1CCCN(c2cc(Cl)c3cc[nH]c3n2)C1. The van der Waals surface area contributed by atoms with Crippen LogP contribution in [-0.2, 0) is 9.53 Å². The number of hydrogen-bond acceptors (Lipinski definition) is 4. The number of nitrogens with zero attached hydrogens (tertiary/aromatic N) is 2. The van der Waals surface area contributed by atoms with Gasteiger partial charge < -0.3 is 14.6 Å². The van der Waals surface area contributed by atoms with Crippen molar-refractivity contribution in [3.8, 4) is 0 Å². The van der Waals surface area contributed by atoms with Gasteiger partial charge in [-0.3, -0.25) is 4.79 Å². The Morgan fingerprint density at radius 2 is 2.48 bits per heavy atom. The lowest BCUT2D eigenvalue weighted by Crippen LogP contribution is -2.39. The van der Waals surface area contributed by atoms with Gasteiger partial charge in [-0.2, -0.15) is 0 Å². The van der Waals surface area contributed by atoms with Gasteiger partial charge in [-0.05, 0) is 25.8 Å². The minimum absolute atomic E-state index is 0.0846. The first-order valence-corrected chi connectivity index (χ1v) is 7.62. The number of esters is 1. The lowest BCUT2D eigenvalue weighted by atomic mass is 9.98. The first kappa shape index (κ1) is 14.2. The van der Waals surface area contributed by atoms with Gasteiger partial charge in [-0.25, -0.2) is 4.98 Å². The van der Waals surface area contributed by atoms with Gasteiger partial charge in [0, 0.05) is 30.7 Å². The summed E-state index contributed by atoms with van der Waals surface area (Å²) in [6.07, 6.45) is 3.64. The van der Waals surface area contributed by atoms with Gasteiger partial charge in [0.05, 0.1) is 17.5 Å². The van der Waals surface area contributed by atoms with Crippen molar-refractivity contribution in [3.05, 3.63) is 23.4 Å². The molecule has 0 spiro atoms. The molecule has 2 aromatic heterocycles. The van der Waals surface area contributed by atoms with E-state index in [0.717, 1.165) is 36.2 Å². The Balaban J connectivity index is 1.82. The second-order valence-corrected chi connectivity index (χ2v) is 5.65. The zero-order valence-electron chi connectivity index (χ0n) is 11.9. The number of pyridine rings is 1. The molecule has 0 bridgehead atoms. The molecule has 0 amide bonds. The van der Waals surface area contributed by atoms with Gasteiger partial charge in [0.1, 0.15) is 11.5 Å². The van der Waals surface area contributed by atoms with Crippen molar-refractivity contribution in [2.75, 3.05) is 24.6 Å². The van der Waals surface area contributed by atoms with Crippen molar-refractivity contribution in [1.29, 1.82) is 0 Å². The first-order valence-electron chi connectivity index (χ1n) is 7.24. The van der Waals surface area contributed by atoms with Gasteiger partial charge in [0.2, 0.25) is 0 Å². The second-order valence-electron chi connectivity index (χ2n) is 5.24. The molecule has 2 aromatic rings. The summed E-state index contributed by atoms with van der Waals surface area (Å²) >= 11 is 6.29. The molecule has 1 aliphatic rings. The molecule has 1 N–H and O–H groups in total. The molecule has 3 heterocycles. The first-order chi connectivity index (χ1) is 10.2. The molecule has 0 radical (unpaired) electrons. The van der Waals surface area contributed by atoms with Crippen LogP contribution in [0.25, 0.3) is 11.0 Å². The van der Waals surface area contributed by atoms with Crippen LogP contribution in [0.4, 0.5) is 5.82 Å². The fraction of sp³-hybridized carbons (Fsp3) is 0.467. The van der Waals surface area contributed by atoms with E-state index in [9.17, 15) is 4.79 Å². The van der Waals surface area contributed by atoms with Crippen LogP contribution in [-0.4, -0.2) is 35.6 Å². The monoisotopic (exact) mass is 307 g/mol. The van der Waals surface area contributed by atoms with E-state index < -0.39 is 0 Å². The van der Waals surface area contributed by atoms with Crippen LogP contribution in [0.1, 0.15) is 19.8 Å². The Hall–Kier alpha value is -1.75. The van der Waals surface area contributed by atoms with Crippen LogP contribution in [0, 0.1) is 5.92 Å². The standard InChI is InChI=1S/C15H18ClN3O2/c1-2-21-15(20)10-4-3-7-19(9-10)13-8-12(16)11-5-6-17-14(11)18-13/h5-6,8,10H,2-4,7,9H2,1H3,(H,17,18)/t10-/m0/s1. The van der Waals surface area contributed by atoms with E-state index in [1.54, 1.807) is 0 Å². The third-order valence-electron chi connectivity index (χ3n) is 3.83. The predicted molar refractivity (Wildman–Crippen MR) is 82.7 cm³/mol. The lowest BCUT2D eigenvalue weighted by molar-refractivity contribution is -0.148. The minimum atomic E-state index is -0.116. The topological polar surface area (TPSA) is 58.2 Å². The van der Waals surface area contributed by atoms with E-state index in [0.29, 0.717) is 18.2 Å². The van der Waals surface area contributed by atoms with Crippen molar-refractivity contribution in [2.24, 2.45) is 5.92 Å². The molecule has 1 saturated heterocycles. The lowest BCUT2D eigenvalue weighted by Gasteiger charge is -2.32. The molecular formula is C15H18ClN3O2. The van der Waals surface area contributed by atoms with Crippen LogP contribution >= 0.6 is 11.6 Å². The summed E-state index contributed by atoms with van der Waals surface area (Å²) in [6.45, 7) is 3.77. The van der Waals surface area contributed by atoms with Gasteiger partial charge in [-0.1, -0.05) is 11.6 Å². The summed E-state index contributed by atoms with van der Waals surface area (Å²) in [4.78, 5) is 21.7. The summed E-state index contributed by atoms with van der Waals surface area (Å²) in [6, 6.07) is 3.78. The van der Waals surface area contributed by atoms with Crippen LogP contribution in [0.5, 0.6) is 0 Å². The average molecular weight is 308 g/mol. The highest BCUT2D eigenvalue weighted by Crippen LogP contribution is 2.29. The molecular weight excluding hydrogens is 290 g/mol. The van der Waals surface area contributed by atoms with E-state index in [2.05, 4.69) is 14.9 Å². The summed E-state index contributed by atoms with van der Waals surface area (Å²) in [5.41, 5.74) is 0.774. The van der Waals surface area contributed by atoms with Gasteiger partial charge in [0.25, 0.3) is 0 Å². The third kappa shape index (κ3) is 2.83. The number of aromatic amines is 1. The van der Waals surface area contributed by atoms with Crippen molar-refractivity contribution in [2.45, 2.75) is 19.8 Å². The number of halogens is 1. The summed E-state index contributed by atoms with van der Waals surface area (Å²) in [7, 11) is 0. The van der Waals surface area contributed by atoms with E-state index in [4.69, 9.17) is 16.3 Å². The van der Waals surface area contributed by atoms with Gasteiger partial charge >= 0.3 is 5.97 Å². The highest BCUT2D eigenvalue weighted by atomic mass is 35.5. The molecule has 3 rings (SSSR count).